The summed E-state index contributed by atoms with van der Waals surface area (Å²) in [5.41, 5.74) is 3.04. The molecule has 0 spiro atoms. The van der Waals surface area contributed by atoms with Crippen LogP contribution in [0.3, 0.4) is 0 Å². The van der Waals surface area contributed by atoms with Crippen molar-refractivity contribution < 1.29 is 4.57 Å². The summed E-state index contributed by atoms with van der Waals surface area (Å²) in [5, 5.41) is 1.73. The third-order valence-corrected chi connectivity index (χ3v) is 6.60. The lowest BCUT2D eigenvalue weighted by molar-refractivity contribution is 0.592. The van der Waals surface area contributed by atoms with E-state index in [1.54, 1.807) is 0 Å². The molecule has 1 heterocycles. The molecule has 106 valence electrons. The lowest BCUT2D eigenvalue weighted by atomic mass is 10.00. The van der Waals surface area contributed by atoms with Gasteiger partial charge in [0.25, 0.3) is 0 Å². The number of benzene rings is 3. The SMILES string of the molecule is O=P1(c2ccccc2)[C-]=C(c2ccccc2)c2ccccc21. The molecule has 0 saturated heterocycles. The fourth-order valence-electron chi connectivity index (χ4n) is 2.90. The average molecular weight is 301 g/mol. The molecule has 0 amide bonds. The number of fused-ring (bicyclic) bond motifs is 1. The molecule has 0 fully saturated rings. The Hall–Kier alpha value is -2.37. The van der Waals surface area contributed by atoms with Crippen LogP contribution in [0.5, 0.6) is 0 Å². The second kappa shape index (κ2) is 5.12. The van der Waals surface area contributed by atoms with Gasteiger partial charge < -0.3 is 4.57 Å². The second-order valence-corrected chi connectivity index (χ2v) is 7.76. The Balaban J connectivity index is 1.99. The first-order valence-corrected chi connectivity index (χ1v) is 8.96. The molecule has 0 aliphatic carbocycles. The van der Waals surface area contributed by atoms with Crippen molar-refractivity contribution in [2.45, 2.75) is 0 Å². The zero-order chi connectivity index (χ0) is 15.0. The first-order valence-electron chi connectivity index (χ1n) is 7.25. The smallest absolute Gasteiger partial charge is 0.101 e. The molecule has 1 aliphatic rings. The van der Waals surface area contributed by atoms with Gasteiger partial charge in [-0.05, 0) is 5.30 Å². The lowest BCUT2D eigenvalue weighted by Crippen LogP contribution is -2.13. The number of hydrogen-bond acceptors (Lipinski definition) is 1. The largest absolute Gasteiger partial charge is 0.324 e. The van der Waals surface area contributed by atoms with Gasteiger partial charge in [0.1, 0.15) is 7.14 Å². The van der Waals surface area contributed by atoms with Crippen molar-refractivity contribution in [3.8, 4) is 0 Å². The van der Waals surface area contributed by atoms with E-state index < -0.39 is 7.14 Å². The lowest BCUT2D eigenvalue weighted by Gasteiger charge is -2.17. The van der Waals surface area contributed by atoms with Crippen molar-refractivity contribution in [2.75, 3.05) is 0 Å². The van der Waals surface area contributed by atoms with E-state index in [4.69, 9.17) is 0 Å². The van der Waals surface area contributed by atoms with Crippen molar-refractivity contribution in [3.63, 3.8) is 0 Å². The monoisotopic (exact) mass is 301 g/mol. The Labute approximate surface area is 130 Å². The average Bonchev–Trinajstić information content (AvgIpc) is 2.91. The van der Waals surface area contributed by atoms with Gasteiger partial charge in [0.05, 0.1) is 0 Å². The predicted octanol–water partition coefficient (Wildman–Crippen LogP) is 4.21. The third kappa shape index (κ3) is 1.98. The summed E-state index contributed by atoms with van der Waals surface area (Å²) in [4.78, 5) is 0. The van der Waals surface area contributed by atoms with E-state index in [0.717, 1.165) is 27.3 Å². The number of rotatable bonds is 2. The van der Waals surface area contributed by atoms with E-state index in [0.29, 0.717) is 0 Å². The highest BCUT2D eigenvalue weighted by molar-refractivity contribution is 7.81. The van der Waals surface area contributed by atoms with Crippen LogP contribution >= 0.6 is 7.14 Å². The van der Waals surface area contributed by atoms with Gasteiger partial charge in [-0.25, -0.2) is 0 Å². The van der Waals surface area contributed by atoms with E-state index in [2.05, 4.69) is 5.82 Å². The van der Waals surface area contributed by atoms with Gasteiger partial charge in [-0.1, -0.05) is 66.7 Å². The van der Waals surface area contributed by atoms with Gasteiger partial charge >= 0.3 is 0 Å². The Morgan fingerprint density at radius 1 is 0.682 bits per heavy atom. The second-order valence-electron chi connectivity index (χ2n) is 5.31. The van der Waals surface area contributed by atoms with Gasteiger partial charge in [-0.3, -0.25) is 0 Å². The molecule has 22 heavy (non-hydrogen) atoms. The highest BCUT2D eigenvalue weighted by Gasteiger charge is 2.27. The highest BCUT2D eigenvalue weighted by Crippen LogP contribution is 2.53. The summed E-state index contributed by atoms with van der Waals surface area (Å²) >= 11 is 0. The van der Waals surface area contributed by atoms with Crippen LogP contribution in [-0.4, -0.2) is 0 Å². The van der Waals surface area contributed by atoms with Crippen LogP contribution in [0.1, 0.15) is 11.1 Å². The van der Waals surface area contributed by atoms with Crippen molar-refractivity contribution in [1.82, 2.24) is 0 Å². The molecular formula is C20H14OP-. The Bertz CT molecular complexity index is 895. The minimum atomic E-state index is -2.82. The molecule has 3 aromatic rings. The number of hydrogen-bond donors (Lipinski definition) is 0. The molecule has 4 rings (SSSR count). The van der Waals surface area contributed by atoms with E-state index in [-0.39, 0.29) is 0 Å². The van der Waals surface area contributed by atoms with Crippen LogP contribution in [0.15, 0.2) is 84.9 Å². The quantitative estimate of drug-likeness (QED) is 0.512. The molecule has 0 radical (unpaired) electrons. The summed E-state index contributed by atoms with van der Waals surface area (Å²) in [6, 6.07) is 27.7. The minimum absolute atomic E-state index is 0.841. The van der Waals surface area contributed by atoms with Crippen molar-refractivity contribution >= 4 is 23.3 Å². The van der Waals surface area contributed by atoms with Crippen LogP contribution in [-0.2, 0) is 4.57 Å². The molecule has 0 saturated carbocycles. The Morgan fingerprint density at radius 2 is 1.27 bits per heavy atom. The summed E-state index contributed by atoms with van der Waals surface area (Å²) in [6.07, 6.45) is 0. The van der Waals surface area contributed by atoms with E-state index >= 15 is 0 Å². The maximum atomic E-state index is 13.7. The predicted molar refractivity (Wildman–Crippen MR) is 92.0 cm³/mol. The first-order chi connectivity index (χ1) is 10.8. The zero-order valence-electron chi connectivity index (χ0n) is 11.9. The van der Waals surface area contributed by atoms with E-state index in [1.807, 2.05) is 84.9 Å². The standard InChI is InChI=1S/C20H14OP/c21-22(17-11-5-2-6-12-17)15-19(16-9-3-1-4-10-16)18-13-7-8-14-20(18)22/h1-14H/q-1. The highest BCUT2D eigenvalue weighted by atomic mass is 31.2. The molecule has 1 aliphatic heterocycles. The molecule has 0 bridgehead atoms. The maximum Gasteiger partial charge on any atom is 0.101 e. The van der Waals surface area contributed by atoms with Crippen LogP contribution in [0.25, 0.3) is 5.57 Å². The summed E-state index contributed by atoms with van der Waals surface area (Å²) in [5.74, 6) is 3.34. The van der Waals surface area contributed by atoms with E-state index in [9.17, 15) is 4.57 Å². The maximum absolute atomic E-state index is 13.7. The summed E-state index contributed by atoms with van der Waals surface area (Å²) in [6.45, 7) is 0. The fourth-order valence-corrected chi connectivity index (χ4v) is 5.41. The van der Waals surface area contributed by atoms with Crippen molar-refractivity contribution in [2.24, 2.45) is 0 Å². The summed E-state index contributed by atoms with van der Waals surface area (Å²) in [7, 11) is -2.82. The van der Waals surface area contributed by atoms with Gasteiger partial charge in [0.2, 0.25) is 0 Å². The minimum Gasteiger partial charge on any atom is -0.324 e. The van der Waals surface area contributed by atoms with Crippen molar-refractivity contribution in [1.29, 1.82) is 0 Å². The normalized spacial score (nSPS) is 19.5. The van der Waals surface area contributed by atoms with Crippen LogP contribution in [0, 0.1) is 5.82 Å². The molecule has 0 N–H and O–H groups in total. The molecular weight excluding hydrogens is 287 g/mol. The topological polar surface area (TPSA) is 17.1 Å². The van der Waals surface area contributed by atoms with Gasteiger partial charge in [-0.2, -0.15) is 5.57 Å². The van der Waals surface area contributed by atoms with Crippen molar-refractivity contribution in [3.05, 3.63) is 102 Å². The van der Waals surface area contributed by atoms with Gasteiger partial charge in [-0.15, -0.1) is 35.1 Å². The Morgan fingerprint density at radius 3 is 2.00 bits per heavy atom. The van der Waals surface area contributed by atoms with Gasteiger partial charge in [0, 0.05) is 5.30 Å². The third-order valence-electron chi connectivity index (χ3n) is 3.96. The van der Waals surface area contributed by atoms with Crippen LogP contribution < -0.4 is 10.6 Å². The summed E-state index contributed by atoms with van der Waals surface area (Å²) < 4.78 is 13.7. The molecule has 1 nitrogen and oxygen atoms in total. The van der Waals surface area contributed by atoms with Crippen LogP contribution in [0.4, 0.5) is 0 Å². The molecule has 0 aromatic heterocycles. The molecule has 2 heteroatoms. The van der Waals surface area contributed by atoms with E-state index in [1.165, 1.54) is 0 Å². The first kappa shape index (κ1) is 13.3. The fraction of sp³-hybridized carbons (Fsp3) is 0. The molecule has 1 atom stereocenters. The molecule has 1 unspecified atom stereocenters. The molecule has 3 aromatic carbocycles. The van der Waals surface area contributed by atoms with Crippen LogP contribution in [0.2, 0.25) is 0 Å². The zero-order valence-corrected chi connectivity index (χ0v) is 12.8. The van der Waals surface area contributed by atoms with Gasteiger partial charge in [0.15, 0.2) is 0 Å². The Kier molecular flexibility index (Phi) is 3.10.